The second-order valence-corrected chi connectivity index (χ2v) is 5.79. The zero-order chi connectivity index (χ0) is 16.1. The molecule has 1 aromatic carbocycles. The lowest BCUT2D eigenvalue weighted by Crippen LogP contribution is -2.05. The summed E-state index contributed by atoms with van der Waals surface area (Å²) in [6.07, 6.45) is 1.66. The fourth-order valence-corrected chi connectivity index (χ4v) is 2.94. The topological polar surface area (TPSA) is 83.7 Å². The molecular formula is C15H17N5OS. The average molecular weight is 315 g/mol. The molecule has 0 fully saturated rings. The maximum Gasteiger partial charge on any atom is 0.227 e. The number of carbonyl (C=O) groups excluding carboxylic acids is 1. The molecule has 1 heterocycles. The molecule has 2 aromatic rings. The molecule has 0 bridgehead atoms. The normalized spacial score (nSPS) is 11.8. The molecule has 1 aromatic heterocycles. The first-order chi connectivity index (χ1) is 10.6. The average Bonchev–Trinajstić information content (AvgIpc) is 2.90. The number of hydrogen-bond acceptors (Lipinski definition) is 4. The summed E-state index contributed by atoms with van der Waals surface area (Å²) >= 11 is 1.09. The molecule has 0 saturated heterocycles. The third-order valence-corrected chi connectivity index (χ3v) is 4.22. The molecule has 0 saturated carbocycles. The predicted octanol–water partition coefficient (Wildman–Crippen LogP) is 4.52. The van der Waals surface area contributed by atoms with Gasteiger partial charge in [0.1, 0.15) is 0 Å². The summed E-state index contributed by atoms with van der Waals surface area (Å²) in [6.45, 7) is 6.41. The molecule has 0 aliphatic rings. The van der Waals surface area contributed by atoms with Crippen molar-refractivity contribution >= 4 is 16.9 Å². The Morgan fingerprint density at radius 2 is 2.14 bits per heavy atom. The number of benzene rings is 1. The van der Waals surface area contributed by atoms with Gasteiger partial charge in [0.15, 0.2) is 5.16 Å². The molecule has 1 atom stereocenters. The van der Waals surface area contributed by atoms with Crippen LogP contribution in [0.5, 0.6) is 0 Å². The fraction of sp³-hybridized carbons (Fsp3) is 0.333. The highest BCUT2D eigenvalue weighted by atomic mass is 32.2. The van der Waals surface area contributed by atoms with E-state index in [1.54, 1.807) is 13.1 Å². The second-order valence-electron chi connectivity index (χ2n) is 4.85. The van der Waals surface area contributed by atoms with Crippen molar-refractivity contribution in [2.24, 2.45) is 5.11 Å². The van der Waals surface area contributed by atoms with E-state index in [4.69, 9.17) is 5.53 Å². The van der Waals surface area contributed by atoms with Crippen LogP contribution in [0.1, 0.15) is 41.5 Å². The van der Waals surface area contributed by atoms with Gasteiger partial charge < -0.3 is 4.57 Å². The van der Waals surface area contributed by atoms with Crippen LogP contribution in [0.4, 0.5) is 0 Å². The van der Waals surface area contributed by atoms with Crippen molar-refractivity contribution in [3.63, 3.8) is 0 Å². The van der Waals surface area contributed by atoms with E-state index in [9.17, 15) is 4.79 Å². The van der Waals surface area contributed by atoms with E-state index >= 15 is 0 Å². The van der Waals surface area contributed by atoms with E-state index in [-0.39, 0.29) is 11.2 Å². The summed E-state index contributed by atoms with van der Waals surface area (Å²) in [7, 11) is 0. The highest BCUT2D eigenvalue weighted by Gasteiger charge is 2.17. The summed E-state index contributed by atoms with van der Waals surface area (Å²) in [5, 5.41) is 4.25. The van der Waals surface area contributed by atoms with Crippen molar-refractivity contribution in [3.05, 3.63) is 57.7 Å². The maximum atomic E-state index is 12.3. The molecule has 1 unspecified atom stereocenters. The van der Waals surface area contributed by atoms with Crippen molar-refractivity contribution in [1.82, 2.24) is 9.55 Å². The number of aryl methyl sites for hydroxylation is 1. The number of aromatic nitrogens is 2. The van der Waals surface area contributed by atoms with Crippen LogP contribution in [0.25, 0.3) is 10.4 Å². The maximum absolute atomic E-state index is 12.3. The Bertz CT molecular complexity index is 716. The van der Waals surface area contributed by atoms with Crippen LogP contribution in [-0.4, -0.2) is 14.7 Å². The molecule has 114 valence electrons. The molecule has 0 N–H and O–H groups in total. The molecular weight excluding hydrogens is 298 g/mol. The van der Waals surface area contributed by atoms with Crippen LogP contribution in [0, 0.1) is 6.92 Å². The van der Waals surface area contributed by atoms with E-state index in [0.29, 0.717) is 17.3 Å². The van der Waals surface area contributed by atoms with Gasteiger partial charge in [0.25, 0.3) is 0 Å². The van der Waals surface area contributed by atoms with Crippen LogP contribution in [-0.2, 0) is 6.54 Å². The third kappa shape index (κ3) is 3.50. The van der Waals surface area contributed by atoms with Gasteiger partial charge in [-0.25, -0.2) is 4.98 Å². The number of nitrogens with zero attached hydrogens (tertiary/aromatic N) is 5. The summed E-state index contributed by atoms with van der Waals surface area (Å²) in [5.41, 5.74) is 11.1. The summed E-state index contributed by atoms with van der Waals surface area (Å²) in [6, 6.07) is 7.13. The highest BCUT2D eigenvalue weighted by Crippen LogP contribution is 2.27. The Morgan fingerprint density at radius 3 is 2.73 bits per heavy atom. The summed E-state index contributed by atoms with van der Waals surface area (Å²) in [4.78, 5) is 19.4. The van der Waals surface area contributed by atoms with Gasteiger partial charge in [0, 0.05) is 28.9 Å². The Kier molecular flexibility index (Phi) is 5.25. The van der Waals surface area contributed by atoms with Crippen LogP contribution < -0.4 is 0 Å². The minimum Gasteiger partial charge on any atom is -0.323 e. The molecule has 0 aliphatic carbocycles. The lowest BCUT2D eigenvalue weighted by molar-refractivity contribution is 0.108. The Labute approximate surface area is 133 Å². The van der Waals surface area contributed by atoms with Gasteiger partial charge in [-0.15, -0.1) is 0 Å². The van der Waals surface area contributed by atoms with Gasteiger partial charge in [-0.05, 0) is 31.1 Å². The zero-order valence-corrected chi connectivity index (χ0v) is 13.5. The van der Waals surface area contributed by atoms with Crippen LogP contribution in [0.3, 0.4) is 0 Å². The molecule has 2 rings (SSSR count). The number of thioether (sulfide) groups is 1. The largest absolute Gasteiger partial charge is 0.323 e. The SMILES string of the molecule is CCn1c(C(C)N=[N+]=[N-])cnc1SC(=O)c1ccc(C)cc1. The second kappa shape index (κ2) is 7.15. The van der Waals surface area contributed by atoms with E-state index in [1.165, 1.54) is 0 Å². The Balaban J connectivity index is 2.24. The third-order valence-electron chi connectivity index (χ3n) is 3.29. The van der Waals surface area contributed by atoms with E-state index in [1.807, 2.05) is 42.7 Å². The van der Waals surface area contributed by atoms with Crippen LogP contribution in [0.2, 0.25) is 0 Å². The predicted molar refractivity (Wildman–Crippen MR) is 86.8 cm³/mol. The van der Waals surface area contributed by atoms with Crippen molar-refractivity contribution in [3.8, 4) is 0 Å². The summed E-state index contributed by atoms with van der Waals surface area (Å²) < 4.78 is 1.90. The highest BCUT2D eigenvalue weighted by molar-refractivity contribution is 8.14. The molecule has 0 amide bonds. The number of imidazole rings is 1. The monoisotopic (exact) mass is 315 g/mol. The first kappa shape index (κ1) is 16.1. The lowest BCUT2D eigenvalue weighted by atomic mass is 10.2. The van der Waals surface area contributed by atoms with E-state index < -0.39 is 0 Å². The van der Waals surface area contributed by atoms with Gasteiger partial charge >= 0.3 is 0 Å². The van der Waals surface area contributed by atoms with Gasteiger partial charge in [0.05, 0.1) is 6.04 Å². The van der Waals surface area contributed by atoms with Crippen molar-refractivity contribution < 1.29 is 4.79 Å². The van der Waals surface area contributed by atoms with E-state index in [2.05, 4.69) is 15.0 Å². The van der Waals surface area contributed by atoms with E-state index in [0.717, 1.165) is 23.0 Å². The fourth-order valence-electron chi connectivity index (χ4n) is 2.07. The van der Waals surface area contributed by atoms with Crippen LogP contribution >= 0.6 is 11.8 Å². The standard InChI is InChI=1S/C15H17N5OS/c1-4-20-13(11(3)18-19-16)9-17-15(20)22-14(21)12-7-5-10(2)6-8-12/h5-9,11H,4H2,1-3H3. The van der Waals surface area contributed by atoms with Crippen molar-refractivity contribution in [2.75, 3.05) is 0 Å². The van der Waals surface area contributed by atoms with Gasteiger partial charge in [-0.3, -0.25) is 4.79 Å². The van der Waals surface area contributed by atoms with Gasteiger partial charge in [-0.2, -0.15) is 0 Å². The number of rotatable bonds is 5. The molecule has 6 nitrogen and oxygen atoms in total. The molecule has 22 heavy (non-hydrogen) atoms. The molecule has 0 aliphatic heterocycles. The molecule has 7 heteroatoms. The Morgan fingerprint density at radius 1 is 1.45 bits per heavy atom. The molecule has 0 spiro atoms. The Hall–Kier alpha value is -2.24. The first-order valence-electron chi connectivity index (χ1n) is 6.95. The number of hydrogen-bond donors (Lipinski definition) is 0. The smallest absolute Gasteiger partial charge is 0.227 e. The minimum atomic E-state index is -0.318. The minimum absolute atomic E-state index is 0.0525. The first-order valence-corrected chi connectivity index (χ1v) is 7.77. The van der Waals surface area contributed by atoms with Gasteiger partial charge in [-0.1, -0.05) is 41.9 Å². The summed E-state index contributed by atoms with van der Waals surface area (Å²) in [5.74, 6) is 0. The lowest BCUT2D eigenvalue weighted by Gasteiger charge is -2.10. The van der Waals surface area contributed by atoms with Crippen molar-refractivity contribution in [1.29, 1.82) is 0 Å². The van der Waals surface area contributed by atoms with Gasteiger partial charge in [0.2, 0.25) is 5.12 Å². The quantitative estimate of drug-likeness (QED) is 0.352. The number of carbonyl (C=O) groups is 1. The van der Waals surface area contributed by atoms with Crippen molar-refractivity contribution in [2.45, 2.75) is 38.5 Å². The zero-order valence-electron chi connectivity index (χ0n) is 12.7. The van der Waals surface area contributed by atoms with Crippen LogP contribution in [0.15, 0.2) is 40.7 Å². The molecule has 0 radical (unpaired) electrons. The number of azide groups is 1.